The Hall–Kier alpha value is -1.30. The van der Waals surface area contributed by atoms with Crippen molar-refractivity contribution in [1.82, 2.24) is 10.3 Å². The van der Waals surface area contributed by atoms with E-state index in [1.54, 1.807) is 6.07 Å². The molecule has 1 aliphatic rings. The van der Waals surface area contributed by atoms with E-state index < -0.39 is 11.8 Å². The lowest BCUT2D eigenvalue weighted by molar-refractivity contribution is -0.240. The fraction of sp³-hybridized carbons (Fsp3) is 0.500. The van der Waals surface area contributed by atoms with Crippen molar-refractivity contribution in [1.29, 1.82) is 0 Å². The first-order chi connectivity index (χ1) is 7.54. The van der Waals surface area contributed by atoms with Gasteiger partial charge < -0.3 is 10.1 Å². The molecule has 0 radical (unpaired) electrons. The molecule has 3 nitrogen and oxygen atoms in total. The van der Waals surface area contributed by atoms with Gasteiger partial charge in [-0.1, -0.05) is 0 Å². The quantitative estimate of drug-likeness (QED) is 0.843. The first-order valence-corrected chi connectivity index (χ1v) is 4.90. The van der Waals surface area contributed by atoms with Crippen LogP contribution in [0.3, 0.4) is 0 Å². The zero-order chi connectivity index (χ0) is 11.6. The van der Waals surface area contributed by atoms with E-state index in [0.717, 1.165) is 0 Å². The highest BCUT2D eigenvalue weighted by Gasteiger charge is 2.58. The Kier molecular flexibility index (Phi) is 2.75. The molecule has 1 saturated heterocycles. The molecular formula is C10H11F3N2O. The minimum Gasteiger partial charge on any atom is -0.475 e. The summed E-state index contributed by atoms with van der Waals surface area (Å²) >= 11 is 0. The number of halogens is 3. The molecule has 0 aliphatic carbocycles. The Balaban J connectivity index is 2.22. The van der Waals surface area contributed by atoms with E-state index in [0.29, 0.717) is 6.54 Å². The Morgan fingerprint density at radius 3 is 2.75 bits per heavy atom. The molecule has 6 heteroatoms. The maximum atomic E-state index is 12.9. The zero-order valence-electron chi connectivity index (χ0n) is 8.42. The van der Waals surface area contributed by atoms with E-state index in [4.69, 9.17) is 4.74 Å². The molecule has 1 fully saturated rings. The molecule has 16 heavy (non-hydrogen) atoms. The summed E-state index contributed by atoms with van der Waals surface area (Å²) in [4.78, 5) is 3.73. The first-order valence-electron chi connectivity index (χ1n) is 4.90. The van der Waals surface area contributed by atoms with Crippen molar-refractivity contribution >= 4 is 0 Å². The van der Waals surface area contributed by atoms with Gasteiger partial charge in [-0.15, -0.1) is 0 Å². The van der Waals surface area contributed by atoms with Gasteiger partial charge in [-0.2, -0.15) is 13.2 Å². The first kappa shape index (κ1) is 11.2. The SMILES string of the molecule is FC(F)(F)C1(Oc2cccnc2)CCNC1. The van der Waals surface area contributed by atoms with Crippen LogP contribution >= 0.6 is 0 Å². The molecule has 0 saturated carbocycles. The molecule has 1 N–H and O–H groups in total. The fourth-order valence-electron chi connectivity index (χ4n) is 1.69. The van der Waals surface area contributed by atoms with Crippen LogP contribution in [0.1, 0.15) is 6.42 Å². The van der Waals surface area contributed by atoms with E-state index in [1.807, 2.05) is 0 Å². The van der Waals surface area contributed by atoms with Crippen molar-refractivity contribution in [3.63, 3.8) is 0 Å². The van der Waals surface area contributed by atoms with E-state index in [9.17, 15) is 13.2 Å². The second kappa shape index (κ2) is 3.93. The number of pyridine rings is 1. The fourth-order valence-corrected chi connectivity index (χ4v) is 1.69. The predicted molar refractivity (Wildman–Crippen MR) is 51.1 cm³/mol. The molecule has 1 aromatic rings. The van der Waals surface area contributed by atoms with Crippen molar-refractivity contribution in [2.75, 3.05) is 13.1 Å². The Morgan fingerprint density at radius 2 is 2.25 bits per heavy atom. The van der Waals surface area contributed by atoms with Crippen molar-refractivity contribution in [3.8, 4) is 5.75 Å². The Labute approximate surface area is 90.6 Å². The van der Waals surface area contributed by atoms with Crippen LogP contribution in [-0.2, 0) is 0 Å². The number of aromatic nitrogens is 1. The summed E-state index contributed by atoms with van der Waals surface area (Å²) in [5, 5.41) is 2.67. The lowest BCUT2D eigenvalue weighted by Gasteiger charge is -2.31. The maximum Gasteiger partial charge on any atom is 0.429 e. The number of nitrogens with one attached hydrogen (secondary N) is 1. The summed E-state index contributed by atoms with van der Waals surface area (Å²) in [7, 11) is 0. The van der Waals surface area contributed by atoms with Gasteiger partial charge in [0.1, 0.15) is 5.75 Å². The number of alkyl halides is 3. The minimum absolute atomic E-state index is 0.0780. The molecule has 1 aliphatic heterocycles. The second-order valence-corrected chi connectivity index (χ2v) is 3.71. The molecule has 0 amide bonds. The molecule has 88 valence electrons. The maximum absolute atomic E-state index is 12.9. The third-order valence-electron chi connectivity index (χ3n) is 2.58. The van der Waals surface area contributed by atoms with Crippen LogP contribution in [0.15, 0.2) is 24.5 Å². The summed E-state index contributed by atoms with van der Waals surface area (Å²) < 4.78 is 43.8. The van der Waals surface area contributed by atoms with Crippen LogP contribution in [0, 0.1) is 0 Å². The number of rotatable bonds is 2. The third-order valence-corrected chi connectivity index (χ3v) is 2.58. The lowest BCUT2D eigenvalue weighted by atomic mass is 10.0. The molecule has 0 spiro atoms. The van der Waals surface area contributed by atoms with Crippen molar-refractivity contribution in [2.45, 2.75) is 18.2 Å². The summed E-state index contributed by atoms with van der Waals surface area (Å²) in [6, 6.07) is 3.01. The van der Waals surface area contributed by atoms with Gasteiger partial charge in [0.15, 0.2) is 0 Å². The standard InChI is InChI=1S/C10H11F3N2O/c11-10(12,13)9(3-5-15-7-9)16-8-2-1-4-14-6-8/h1-2,4,6,15H,3,5,7H2. The Morgan fingerprint density at radius 1 is 1.44 bits per heavy atom. The van der Waals surface area contributed by atoms with Crippen LogP contribution < -0.4 is 10.1 Å². The average molecular weight is 232 g/mol. The smallest absolute Gasteiger partial charge is 0.429 e. The van der Waals surface area contributed by atoms with Gasteiger partial charge in [0.25, 0.3) is 0 Å². The van der Waals surface area contributed by atoms with E-state index in [1.165, 1.54) is 18.5 Å². The van der Waals surface area contributed by atoms with Crippen LogP contribution in [0.4, 0.5) is 13.2 Å². The van der Waals surface area contributed by atoms with Gasteiger partial charge in [-0.25, -0.2) is 0 Å². The molecule has 1 aromatic heterocycles. The van der Waals surface area contributed by atoms with Crippen LogP contribution in [0.2, 0.25) is 0 Å². The largest absolute Gasteiger partial charge is 0.475 e. The third kappa shape index (κ3) is 1.97. The molecular weight excluding hydrogens is 221 g/mol. The topological polar surface area (TPSA) is 34.1 Å². The van der Waals surface area contributed by atoms with E-state index in [2.05, 4.69) is 10.3 Å². The van der Waals surface area contributed by atoms with Crippen molar-refractivity contribution in [2.24, 2.45) is 0 Å². The van der Waals surface area contributed by atoms with Crippen molar-refractivity contribution < 1.29 is 17.9 Å². The summed E-state index contributed by atoms with van der Waals surface area (Å²) in [6.07, 6.45) is -1.69. The molecule has 0 aromatic carbocycles. The summed E-state index contributed by atoms with van der Waals surface area (Å²) in [5.41, 5.74) is -2.12. The number of ether oxygens (including phenoxy) is 1. The zero-order valence-corrected chi connectivity index (χ0v) is 8.42. The lowest BCUT2D eigenvalue weighted by Crippen LogP contribution is -2.52. The molecule has 1 unspecified atom stereocenters. The molecule has 0 bridgehead atoms. The predicted octanol–water partition coefficient (Wildman–Crippen LogP) is 1.75. The van der Waals surface area contributed by atoms with E-state index in [-0.39, 0.29) is 18.7 Å². The Bertz CT molecular complexity index is 347. The normalized spacial score (nSPS) is 25.7. The summed E-state index contributed by atoms with van der Waals surface area (Å²) in [6.45, 7) is 0.0885. The highest BCUT2D eigenvalue weighted by Crippen LogP contribution is 2.38. The van der Waals surface area contributed by atoms with Crippen molar-refractivity contribution in [3.05, 3.63) is 24.5 Å². The summed E-state index contributed by atoms with van der Waals surface area (Å²) in [5.74, 6) is 0.142. The molecule has 2 heterocycles. The van der Waals surface area contributed by atoms with Gasteiger partial charge in [0.05, 0.1) is 6.20 Å². The average Bonchev–Trinajstić information content (AvgIpc) is 2.68. The second-order valence-electron chi connectivity index (χ2n) is 3.71. The number of hydrogen-bond acceptors (Lipinski definition) is 3. The highest BCUT2D eigenvalue weighted by molar-refractivity contribution is 5.18. The minimum atomic E-state index is -4.38. The molecule has 1 atom stereocenters. The number of hydrogen-bond donors (Lipinski definition) is 1. The van der Waals surface area contributed by atoms with Crippen LogP contribution in [0.5, 0.6) is 5.75 Å². The number of nitrogens with zero attached hydrogens (tertiary/aromatic N) is 1. The van der Waals surface area contributed by atoms with Gasteiger partial charge in [0.2, 0.25) is 5.60 Å². The highest BCUT2D eigenvalue weighted by atomic mass is 19.4. The van der Waals surface area contributed by atoms with Gasteiger partial charge >= 0.3 is 6.18 Å². The van der Waals surface area contributed by atoms with Gasteiger partial charge in [0, 0.05) is 19.2 Å². The molecule has 2 rings (SSSR count). The van der Waals surface area contributed by atoms with Crippen LogP contribution in [0.25, 0.3) is 0 Å². The van der Waals surface area contributed by atoms with Gasteiger partial charge in [-0.3, -0.25) is 4.98 Å². The monoisotopic (exact) mass is 232 g/mol. The van der Waals surface area contributed by atoms with E-state index >= 15 is 0 Å². The van der Waals surface area contributed by atoms with Gasteiger partial charge in [-0.05, 0) is 18.7 Å². The van der Waals surface area contributed by atoms with Crippen LogP contribution in [-0.4, -0.2) is 29.9 Å².